The van der Waals surface area contributed by atoms with Crippen molar-refractivity contribution in [1.29, 1.82) is 0 Å². The van der Waals surface area contributed by atoms with Gasteiger partial charge in [0.1, 0.15) is 0 Å². The van der Waals surface area contributed by atoms with Gasteiger partial charge in [0.2, 0.25) is 0 Å². The normalized spacial score (nSPS) is 16.5. The number of rotatable bonds is 4. The molecule has 2 nitrogen and oxygen atoms in total. The van der Waals surface area contributed by atoms with Gasteiger partial charge >= 0.3 is 0 Å². The minimum Gasteiger partial charge on any atom is -0.383 e. The predicted molar refractivity (Wildman–Crippen MR) is 56.0 cm³/mol. The summed E-state index contributed by atoms with van der Waals surface area (Å²) < 4.78 is 8.63. The van der Waals surface area contributed by atoms with Crippen molar-refractivity contribution >= 4 is 15.9 Å². The molecule has 1 fully saturated rings. The van der Waals surface area contributed by atoms with Gasteiger partial charge in [-0.2, -0.15) is 0 Å². The first kappa shape index (κ1) is 9.28. The van der Waals surface area contributed by atoms with Gasteiger partial charge < -0.3 is 9.30 Å². The van der Waals surface area contributed by atoms with Crippen molar-refractivity contribution in [3.05, 3.63) is 22.4 Å². The molecule has 13 heavy (non-hydrogen) atoms. The smallest absolute Gasteiger partial charge is 0.0641 e. The minimum absolute atomic E-state index is 0.792. The first-order valence-electron chi connectivity index (χ1n) is 4.66. The van der Waals surface area contributed by atoms with Crippen LogP contribution in [0, 0.1) is 0 Å². The molecule has 0 amide bonds. The second kappa shape index (κ2) is 3.84. The molecule has 2 rings (SSSR count). The summed E-state index contributed by atoms with van der Waals surface area (Å²) in [5, 5.41) is 0. The molecule has 1 aliphatic carbocycles. The van der Waals surface area contributed by atoms with Gasteiger partial charge in [0.05, 0.1) is 6.61 Å². The molecule has 1 aromatic rings. The Balaban J connectivity index is 2.13. The maximum absolute atomic E-state index is 5.07. The lowest BCUT2D eigenvalue weighted by Crippen LogP contribution is -2.06. The maximum Gasteiger partial charge on any atom is 0.0641 e. The minimum atomic E-state index is 0.792. The van der Waals surface area contributed by atoms with E-state index in [4.69, 9.17) is 4.74 Å². The van der Waals surface area contributed by atoms with Crippen molar-refractivity contribution in [1.82, 2.24) is 4.57 Å². The second-order valence-corrected chi connectivity index (χ2v) is 4.36. The molecular weight excluding hydrogens is 230 g/mol. The molecule has 1 saturated carbocycles. The number of ether oxygens (including phenoxy) is 1. The van der Waals surface area contributed by atoms with Crippen LogP contribution in [0.2, 0.25) is 0 Å². The van der Waals surface area contributed by atoms with Crippen LogP contribution in [-0.4, -0.2) is 18.3 Å². The highest BCUT2D eigenvalue weighted by atomic mass is 79.9. The fourth-order valence-electron chi connectivity index (χ4n) is 1.63. The number of hydrogen-bond acceptors (Lipinski definition) is 1. The van der Waals surface area contributed by atoms with Crippen LogP contribution in [0.4, 0.5) is 0 Å². The Kier molecular flexibility index (Phi) is 2.74. The molecule has 0 bridgehead atoms. The number of methoxy groups -OCH3 is 1. The molecule has 3 heteroatoms. The first-order valence-corrected chi connectivity index (χ1v) is 5.45. The SMILES string of the molecule is COCCn1ccc(Br)c1C1CC1. The Bertz CT molecular complexity index is 291. The number of nitrogens with zero attached hydrogens (tertiary/aromatic N) is 1. The second-order valence-electron chi connectivity index (χ2n) is 3.51. The van der Waals surface area contributed by atoms with Crippen molar-refractivity contribution < 1.29 is 4.74 Å². The lowest BCUT2D eigenvalue weighted by Gasteiger charge is -2.07. The fourth-order valence-corrected chi connectivity index (χ4v) is 2.30. The van der Waals surface area contributed by atoms with E-state index in [0.29, 0.717) is 0 Å². The molecule has 0 N–H and O–H groups in total. The summed E-state index contributed by atoms with van der Waals surface area (Å²) in [5.41, 5.74) is 1.46. The largest absolute Gasteiger partial charge is 0.383 e. The third kappa shape index (κ3) is 1.97. The van der Waals surface area contributed by atoms with Crippen LogP contribution >= 0.6 is 15.9 Å². The van der Waals surface area contributed by atoms with Crippen LogP contribution in [0.15, 0.2) is 16.7 Å². The van der Waals surface area contributed by atoms with Gasteiger partial charge in [-0.15, -0.1) is 0 Å². The van der Waals surface area contributed by atoms with Crippen molar-refractivity contribution in [3.8, 4) is 0 Å². The third-order valence-electron chi connectivity index (χ3n) is 2.46. The molecule has 0 radical (unpaired) electrons. The average Bonchev–Trinajstić information content (AvgIpc) is 2.88. The third-order valence-corrected chi connectivity index (χ3v) is 3.13. The molecule has 1 heterocycles. The van der Waals surface area contributed by atoms with E-state index < -0.39 is 0 Å². The highest BCUT2D eigenvalue weighted by Crippen LogP contribution is 2.43. The van der Waals surface area contributed by atoms with Gasteiger partial charge in [0.15, 0.2) is 0 Å². The maximum atomic E-state index is 5.07. The zero-order chi connectivity index (χ0) is 9.26. The van der Waals surface area contributed by atoms with Gasteiger partial charge in [-0.3, -0.25) is 0 Å². The summed E-state index contributed by atoms with van der Waals surface area (Å²) >= 11 is 3.59. The number of halogens is 1. The summed E-state index contributed by atoms with van der Waals surface area (Å²) in [4.78, 5) is 0. The Hall–Kier alpha value is -0.280. The zero-order valence-corrected chi connectivity index (χ0v) is 9.38. The zero-order valence-electron chi connectivity index (χ0n) is 7.79. The van der Waals surface area contributed by atoms with Gasteiger partial charge in [-0.1, -0.05) is 0 Å². The molecule has 0 unspecified atom stereocenters. The van der Waals surface area contributed by atoms with Crippen LogP contribution in [0.25, 0.3) is 0 Å². The van der Waals surface area contributed by atoms with Crippen LogP contribution < -0.4 is 0 Å². The summed E-state index contributed by atoms with van der Waals surface area (Å²) in [6.07, 6.45) is 4.82. The predicted octanol–water partition coefficient (Wildman–Crippen LogP) is 2.77. The highest BCUT2D eigenvalue weighted by molar-refractivity contribution is 9.10. The highest BCUT2D eigenvalue weighted by Gasteiger charge is 2.28. The number of hydrogen-bond donors (Lipinski definition) is 0. The molecule has 0 atom stereocenters. The van der Waals surface area contributed by atoms with E-state index in [2.05, 4.69) is 32.8 Å². The number of aromatic nitrogens is 1. The van der Waals surface area contributed by atoms with Gasteiger partial charge in [-0.25, -0.2) is 0 Å². The van der Waals surface area contributed by atoms with E-state index in [1.807, 2.05) is 0 Å². The lowest BCUT2D eigenvalue weighted by molar-refractivity contribution is 0.186. The summed E-state index contributed by atoms with van der Waals surface area (Å²) in [5.74, 6) is 0.793. The standard InChI is InChI=1S/C10H14BrNO/c1-13-7-6-12-5-4-9(11)10(12)8-2-3-8/h4-5,8H,2-3,6-7H2,1H3. The molecule has 0 saturated heterocycles. The van der Waals surface area contributed by atoms with Crippen LogP contribution in [0.1, 0.15) is 24.5 Å². The van der Waals surface area contributed by atoms with E-state index in [0.717, 1.165) is 19.1 Å². The lowest BCUT2D eigenvalue weighted by atomic mass is 10.3. The van der Waals surface area contributed by atoms with E-state index in [1.54, 1.807) is 7.11 Å². The first-order chi connectivity index (χ1) is 6.33. The summed E-state index contributed by atoms with van der Waals surface area (Å²) in [7, 11) is 1.75. The molecular formula is C10H14BrNO. The van der Waals surface area contributed by atoms with Crippen LogP contribution in [0.5, 0.6) is 0 Å². The van der Waals surface area contributed by atoms with E-state index in [1.165, 1.54) is 23.0 Å². The van der Waals surface area contributed by atoms with Gasteiger partial charge in [-0.05, 0) is 34.8 Å². The van der Waals surface area contributed by atoms with Crippen molar-refractivity contribution in [3.63, 3.8) is 0 Å². The monoisotopic (exact) mass is 243 g/mol. The Morgan fingerprint density at radius 1 is 1.62 bits per heavy atom. The van der Waals surface area contributed by atoms with Crippen LogP contribution in [0.3, 0.4) is 0 Å². The molecule has 1 aliphatic rings. The Labute approximate surface area is 87.0 Å². The van der Waals surface area contributed by atoms with Crippen molar-refractivity contribution in [2.45, 2.75) is 25.3 Å². The van der Waals surface area contributed by atoms with Crippen LogP contribution in [-0.2, 0) is 11.3 Å². The van der Waals surface area contributed by atoms with Crippen molar-refractivity contribution in [2.75, 3.05) is 13.7 Å². The van der Waals surface area contributed by atoms with E-state index in [9.17, 15) is 0 Å². The molecule has 1 aromatic heterocycles. The Morgan fingerprint density at radius 3 is 3.00 bits per heavy atom. The van der Waals surface area contributed by atoms with E-state index in [-0.39, 0.29) is 0 Å². The quantitative estimate of drug-likeness (QED) is 0.794. The Morgan fingerprint density at radius 2 is 2.38 bits per heavy atom. The molecule has 0 aliphatic heterocycles. The average molecular weight is 244 g/mol. The van der Waals surface area contributed by atoms with Crippen molar-refractivity contribution in [2.24, 2.45) is 0 Å². The fraction of sp³-hybridized carbons (Fsp3) is 0.600. The molecule has 72 valence electrons. The van der Waals surface area contributed by atoms with Gasteiger partial charge in [0, 0.05) is 35.9 Å². The summed E-state index contributed by atoms with van der Waals surface area (Å²) in [6, 6.07) is 2.13. The molecule has 0 aromatic carbocycles. The van der Waals surface area contributed by atoms with Gasteiger partial charge in [0.25, 0.3) is 0 Å². The van der Waals surface area contributed by atoms with E-state index >= 15 is 0 Å². The molecule has 0 spiro atoms. The topological polar surface area (TPSA) is 14.2 Å². The summed E-state index contributed by atoms with van der Waals surface area (Å²) in [6.45, 7) is 1.76.